The fourth-order valence-electron chi connectivity index (χ4n) is 2.99. The smallest absolute Gasteiger partial charge is 0.137 e. The van der Waals surface area contributed by atoms with Crippen LogP contribution in [0.1, 0.15) is 50.1 Å². The summed E-state index contributed by atoms with van der Waals surface area (Å²) in [4.78, 5) is 0. The second kappa shape index (κ2) is 5.87. The molecule has 0 aromatic carbocycles. The Morgan fingerprint density at radius 3 is 2.61 bits per heavy atom. The van der Waals surface area contributed by atoms with Gasteiger partial charge in [0, 0.05) is 11.6 Å². The highest BCUT2D eigenvalue weighted by Gasteiger charge is 2.23. The van der Waals surface area contributed by atoms with Crippen LogP contribution in [0.2, 0.25) is 0 Å². The highest BCUT2D eigenvalue weighted by atomic mass is 16.5. The van der Waals surface area contributed by atoms with E-state index in [1.54, 1.807) is 0 Å². The summed E-state index contributed by atoms with van der Waals surface area (Å²) in [6.45, 7) is 9.82. The maximum Gasteiger partial charge on any atom is 0.137 e. The molecule has 18 heavy (non-hydrogen) atoms. The van der Waals surface area contributed by atoms with E-state index in [1.165, 1.54) is 24.8 Å². The molecule has 1 N–H and O–H groups in total. The molecule has 3 atom stereocenters. The van der Waals surface area contributed by atoms with Gasteiger partial charge in [-0.05, 0) is 57.9 Å². The average molecular weight is 250 g/mol. The number of hydrogen-bond acceptors (Lipinski definition) is 3. The van der Waals surface area contributed by atoms with E-state index in [1.807, 2.05) is 13.8 Å². The van der Waals surface area contributed by atoms with Gasteiger partial charge >= 0.3 is 0 Å². The second-order valence-electron chi connectivity index (χ2n) is 5.97. The lowest BCUT2D eigenvalue weighted by Gasteiger charge is -2.32. The van der Waals surface area contributed by atoms with Gasteiger partial charge in [-0.1, -0.05) is 19.0 Å². The first-order chi connectivity index (χ1) is 8.58. The lowest BCUT2D eigenvalue weighted by atomic mass is 9.79. The lowest BCUT2D eigenvalue weighted by molar-refractivity contribution is 0.227. The van der Waals surface area contributed by atoms with E-state index in [2.05, 4.69) is 24.3 Å². The number of aryl methyl sites for hydroxylation is 2. The zero-order valence-corrected chi connectivity index (χ0v) is 12.1. The van der Waals surface area contributed by atoms with Crippen molar-refractivity contribution in [3.8, 4) is 0 Å². The number of nitrogens with zero attached hydrogens (tertiary/aromatic N) is 1. The summed E-state index contributed by atoms with van der Waals surface area (Å²) in [5.41, 5.74) is 2.32. The molecular weight excluding hydrogens is 224 g/mol. The largest absolute Gasteiger partial charge is 0.361 e. The minimum absolute atomic E-state index is 0.705. The van der Waals surface area contributed by atoms with Crippen LogP contribution < -0.4 is 5.32 Å². The maximum atomic E-state index is 5.19. The molecule has 0 aliphatic heterocycles. The molecule has 0 bridgehead atoms. The highest BCUT2D eigenvalue weighted by Crippen LogP contribution is 2.29. The molecule has 102 valence electrons. The van der Waals surface area contributed by atoms with Gasteiger partial charge in [0.25, 0.3) is 0 Å². The fraction of sp³-hybridized carbons (Fsp3) is 0.800. The Bertz CT molecular complexity index is 366. The molecule has 1 aromatic rings. The molecule has 1 fully saturated rings. The molecule has 0 spiro atoms. The highest BCUT2D eigenvalue weighted by molar-refractivity contribution is 5.20. The number of rotatable bonds is 4. The van der Waals surface area contributed by atoms with Gasteiger partial charge in [0.2, 0.25) is 0 Å². The van der Waals surface area contributed by atoms with Crippen LogP contribution in [0.5, 0.6) is 0 Å². The van der Waals surface area contributed by atoms with Gasteiger partial charge in [0.15, 0.2) is 0 Å². The maximum absolute atomic E-state index is 5.19. The molecule has 3 unspecified atom stereocenters. The molecule has 1 saturated carbocycles. The summed E-state index contributed by atoms with van der Waals surface area (Å²) >= 11 is 0. The summed E-state index contributed by atoms with van der Waals surface area (Å²) in [6, 6.07) is 0.705. The Morgan fingerprint density at radius 1 is 1.22 bits per heavy atom. The van der Waals surface area contributed by atoms with Crippen molar-refractivity contribution in [2.24, 2.45) is 11.8 Å². The van der Waals surface area contributed by atoms with Crippen LogP contribution in [0.15, 0.2) is 4.52 Å². The molecule has 0 saturated heterocycles. The van der Waals surface area contributed by atoms with E-state index in [0.717, 1.165) is 36.3 Å². The van der Waals surface area contributed by atoms with Crippen molar-refractivity contribution in [1.29, 1.82) is 0 Å². The molecule has 3 heteroatoms. The van der Waals surface area contributed by atoms with Crippen LogP contribution >= 0.6 is 0 Å². The summed E-state index contributed by atoms with van der Waals surface area (Å²) in [6.07, 6.45) is 5.04. The van der Waals surface area contributed by atoms with Gasteiger partial charge < -0.3 is 9.84 Å². The average Bonchev–Trinajstić information content (AvgIpc) is 2.65. The van der Waals surface area contributed by atoms with Crippen LogP contribution in [0, 0.1) is 25.7 Å². The number of nitrogens with one attached hydrogen (secondary N) is 1. The fourth-order valence-corrected chi connectivity index (χ4v) is 2.99. The first-order valence-corrected chi connectivity index (χ1v) is 7.23. The van der Waals surface area contributed by atoms with Crippen molar-refractivity contribution in [2.45, 2.75) is 59.4 Å². The van der Waals surface area contributed by atoms with Crippen molar-refractivity contribution in [3.63, 3.8) is 0 Å². The number of hydrogen-bond donors (Lipinski definition) is 1. The third kappa shape index (κ3) is 3.14. The van der Waals surface area contributed by atoms with Crippen LogP contribution in [0.4, 0.5) is 0 Å². The first kappa shape index (κ1) is 13.6. The minimum atomic E-state index is 0.705. The molecule has 1 aliphatic rings. The van der Waals surface area contributed by atoms with Crippen molar-refractivity contribution in [3.05, 3.63) is 17.0 Å². The van der Waals surface area contributed by atoms with E-state index in [9.17, 15) is 0 Å². The topological polar surface area (TPSA) is 38.1 Å². The van der Waals surface area contributed by atoms with Gasteiger partial charge in [0.1, 0.15) is 5.76 Å². The van der Waals surface area contributed by atoms with Crippen LogP contribution in [0.3, 0.4) is 0 Å². The Balaban J connectivity index is 1.76. The van der Waals surface area contributed by atoms with Crippen LogP contribution in [0.25, 0.3) is 0 Å². The molecule has 1 heterocycles. The Morgan fingerprint density at radius 2 is 2.00 bits per heavy atom. The van der Waals surface area contributed by atoms with Gasteiger partial charge in [0.05, 0.1) is 5.69 Å². The minimum Gasteiger partial charge on any atom is -0.361 e. The quantitative estimate of drug-likeness (QED) is 0.891. The summed E-state index contributed by atoms with van der Waals surface area (Å²) < 4.78 is 5.19. The van der Waals surface area contributed by atoms with Gasteiger partial charge in [-0.15, -0.1) is 0 Å². The van der Waals surface area contributed by atoms with Crippen molar-refractivity contribution >= 4 is 0 Å². The Hall–Kier alpha value is -0.830. The third-order valence-corrected chi connectivity index (χ3v) is 4.59. The summed E-state index contributed by atoms with van der Waals surface area (Å²) in [7, 11) is 0. The zero-order valence-electron chi connectivity index (χ0n) is 12.1. The number of aromatic nitrogens is 1. The lowest BCUT2D eigenvalue weighted by Crippen LogP contribution is -2.37. The molecule has 3 nitrogen and oxygen atoms in total. The molecule has 1 aliphatic carbocycles. The van der Waals surface area contributed by atoms with Crippen LogP contribution in [-0.4, -0.2) is 17.7 Å². The first-order valence-electron chi connectivity index (χ1n) is 7.23. The Kier molecular flexibility index (Phi) is 4.44. The predicted molar refractivity (Wildman–Crippen MR) is 73.7 cm³/mol. The summed E-state index contributed by atoms with van der Waals surface area (Å²) in [5, 5.41) is 7.70. The van der Waals surface area contributed by atoms with E-state index >= 15 is 0 Å². The van der Waals surface area contributed by atoms with E-state index in [-0.39, 0.29) is 0 Å². The van der Waals surface area contributed by atoms with Crippen molar-refractivity contribution in [2.75, 3.05) is 6.54 Å². The van der Waals surface area contributed by atoms with Gasteiger partial charge in [-0.2, -0.15) is 0 Å². The third-order valence-electron chi connectivity index (χ3n) is 4.59. The molecule has 2 rings (SSSR count). The Labute approximate surface area is 110 Å². The second-order valence-corrected chi connectivity index (χ2v) is 5.97. The van der Waals surface area contributed by atoms with Crippen molar-refractivity contribution in [1.82, 2.24) is 10.5 Å². The van der Waals surface area contributed by atoms with E-state index in [0.29, 0.717) is 6.04 Å². The monoisotopic (exact) mass is 250 g/mol. The summed E-state index contributed by atoms with van der Waals surface area (Å²) in [5.74, 6) is 2.72. The van der Waals surface area contributed by atoms with Gasteiger partial charge in [-0.3, -0.25) is 0 Å². The molecule has 0 amide bonds. The standard InChI is InChI=1S/C15H26N2O/c1-10-5-6-14(9-11(10)2)16-8-7-15-12(3)17-18-13(15)4/h10-11,14,16H,5-9H2,1-4H3. The van der Waals surface area contributed by atoms with E-state index in [4.69, 9.17) is 4.52 Å². The van der Waals surface area contributed by atoms with Gasteiger partial charge in [-0.25, -0.2) is 0 Å². The zero-order chi connectivity index (χ0) is 13.1. The molecular formula is C15H26N2O. The van der Waals surface area contributed by atoms with Crippen molar-refractivity contribution < 1.29 is 4.52 Å². The van der Waals surface area contributed by atoms with Crippen LogP contribution in [-0.2, 0) is 6.42 Å². The SMILES string of the molecule is Cc1noc(C)c1CCNC1CCC(C)C(C)C1. The molecule has 0 radical (unpaired) electrons. The van der Waals surface area contributed by atoms with E-state index < -0.39 is 0 Å². The molecule has 1 aromatic heterocycles. The normalized spacial score (nSPS) is 28.6. The predicted octanol–water partition coefficient (Wildman–Crippen LogP) is 3.25.